The standard InChI is InChI=1S/C16H14N8OS/c1-23-9-12(7-18-23)24-10-13(19-22-24)15(25)17-8-14-20-21-16(26-14)11-5-3-2-4-6-11/h2-7,9-10H,8H2,1H3,(H,17,25). The number of nitrogens with one attached hydrogen (secondary N) is 1. The van der Waals surface area contributed by atoms with Gasteiger partial charge < -0.3 is 5.32 Å². The van der Waals surface area contributed by atoms with Gasteiger partial charge in [-0.2, -0.15) is 5.10 Å². The number of carbonyl (C=O) groups is 1. The fourth-order valence-corrected chi connectivity index (χ4v) is 3.07. The summed E-state index contributed by atoms with van der Waals surface area (Å²) in [5.41, 5.74) is 1.96. The van der Waals surface area contributed by atoms with E-state index in [9.17, 15) is 4.79 Å². The Labute approximate surface area is 152 Å². The molecule has 0 aliphatic heterocycles. The molecule has 3 aromatic heterocycles. The third-order valence-corrected chi connectivity index (χ3v) is 4.54. The molecular weight excluding hydrogens is 352 g/mol. The van der Waals surface area contributed by atoms with Crippen LogP contribution in [-0.4, -0.2) is 40.9 Å². The molecule has 0 aliphatic carbocycles. The monoisotopic (exact) mass is 366 g/mol. The first-order valence-electron chi connectivity index (χ1n) is 7.76. The van der Waals surface area contributed by atoms with Gasteiger partial charge in [-0.05, 0) is 0 Å². The summed E-state index contributed by atoms with van der Waals surface area (Å²) in [6.45, 7) is 0.281. The zero-order valence-electron chi connectivity index (χ0n) is 13.8. The Morgan fingerprint density at radius 2 is 2.00 bits per heavy atom. The number of carbonyl (C=O) groups excluding carboxylic acids is 1. The Hall–Kier alpha value is -3.40. The van der Waals surface area contributed by atoms with Gasteiger partial charge in [0.1, 0.15) is 15.7 Å². The second-order valence-electron chi connectivity index (χ2n) is 5.47. The molecule has 0 saturated carbocycles. The van der Waals surface area contributed by atoms with Crippen LogP contribution in [0.5, 0.6) is 0 Å². The van der Waals surface area contributed by atoms with E-state index in [1.165, 1.54) is 16.0 Å². The molecule has 0 saturated heterocycles. The van der Waals surface area contributed by atoms with E-state index in [0.29, 0.717) is 0 Å². The first-order chi connectivity index (χ1) is 12.7. The summed E-state index contributed by atoms with van der Waals surface area (Å²) in [5, 5.41) is 24.5. The smallest absolute Gasteiger partial charge is 0.273 e. The van der Waals surface area contributed by atoms with Gasteiger partial charge in [-0.1, -0.05) is 46.9 Å². The van der Waals surface area contributed by atoms with E-state index in [1.54, 1.807) is 30.3 Å². The van der Waals surface area contributed by atoms with E-state index in [-0.39, 0.29) is 18.1 Å². The minimum absolute atomic E-state index is 0.224. The van der Waals surface area contributed by atoms with Crippen LogP contribution in [0.1, 0.15) is 15.5 Å². The molecule has 0 unspecified atom stereocenters. The number of nitrogens with zero attached hydrogens (tertiary/aromatic N) is 7. The molecule has 10 heteroatoms. The molecule has 1 aromatic carbocycles. The fourth-order valence-electron chi connectivity index (χ4n) is 2.29. The van der Waals surface area contributed by atoms with Gasteiger partial charge in [0.2, 0.25) is 0 Å². The Morgan fingerprint density at radius 1 is 1.15 bits per heavy atom. The van der Waals surface area contributed by atoms with E-state index in [1.807, 2.05) is 30.3 Å². The van der Waals surface area contributed by atoms with Crippen LogP contribution in [0, 0.1) is 0 Å². The van der Waals surface area contributed by atoms with E-state index in [2.05, 4.69) is 30.9 Å². The predicted molar refractivity (Wildman–Crippen MR) is 94.6 cm³/mol. The molecule has 4 rings (SSSR count). The SMILES string of the molecule is Cn1cc(-n2cc(C(=O)NCc3nnc(-c4ccccc4)s3)nn2)cn1. The maximum absolute atomic E-state index is 12.3. The van der Waals surface area contributed by atoms with Gasteiger partial charge in [0.15, 0.2) is 5.69 Å². The van der Waals surface area contributed by atoms with Gasteiger partial charge >= 0.3 is 0 Å². The second-order valence-corrected chi connectivity index (χ2v) is 6.53. The van der Waals surface area contributed by atoms with Crippen LogP contribution in [0.3, 0.4) is 0 Å². The number of hydrogen-bond acceptors (Lipinski definition) is 7. The lowest BCUT2D eigenvalue weighted by atomic mass is 10.2. The average Bonchev–Trinajstić information content (AvgIpc) is 3.40. The van der Waals surface area contributed by atoms with Crippen molar-refractivity contribution in [2.24, 2.45) is 7.05 Å². The number of benzene rings is 1. The van der Waals surface area contributed by atoms with Crippen molar-refractivity contribution in [3.8, 4) is 16.3 Å². The van der Waals surface area contributed by atoms with Crippen LogP contribution >= 0.6 is 11.3 Å². The number of aryl methyl sites for hydroxylation is 1. The summed E-state index contributed by atoms with van der Waals surface area (Å²) in [6, 6.07) is 9.79. The molecule has 9 nitrogen and oxygen atoms in total. The first kappa shape index (κ1) is 16.1. The van der Waals surface area contributed by atoms with Gasteiger partial charge in [0.05, 0.1) is 25.1 Å². The molecule has 0 spiro atoms. The van der Waals surface area contributed by atoms with E-state index < -0.39 is 0 Å². The van der Waals surface area contributed by atoms with Crippen molar-refractivity contribution in [1.29, 1.82) is 0 Å². The first-order valence-corrected chi connectivity index (χ1v) is 8.58. The quantitative estimate of drug-likeness (QED) is 0.573. The Morgan fingerprint density at radius 3 is 2.77 bits per heavy atom. The third-order valence-electron chi connectivity index (χ3n) is 3.57. The molecule has 0 bridgehead atoms. The molecule has 4 aromatic rings. The highest BCUT2D eigenvalue weighted by atomic mass is 32.1. The van der Waals surface area contributed by atoms with Crippen molar-refractivity contribution in [2.45, 2.75) is 6.54 Å². The van der Waals surface area contributed by atoms with E-state index >= 15 is 0 Å². The topological polar surface area (TPSA) is 103 Å². The second kappa shape index (κ2) is 6.84. The van der Waals surface area contributed by atoms with Gasteiger partial charge in [-0.3, -0.25) is 9.48 Å². The Kier molecular flexibility index (Phi) is 4.23. The van der Waals surface area contributed by atoms with Gasteiger partial charge in [0, 0.05) is 12.6 Å². The van der Waals surface area contributed by atoms with Crippen molar-refractivity contribution < 1.29 is 4.79 Å². The molecule has 3 heterocycles. The maximum Gasteiger partial charge on any atom is 0.273 e. The van der Waals surface area contributed by atoms with Crippen molar-refractivity contribution >= 4 is 17.2 Å². The zero-order valence-corrected chi connectivity index (χ0v) is 14.6. The zero-order chi connectivity index (χ0) is 17.9. The fraction of sp³-hybridized carbons (Fsp3) is 0.125. The molecular formula is C16H14N8OS. The van der Waals surface area contributed by atoms with E-state index in [0.717, 1.165) is 21.3 Å². The summed E-state index contributed by atoms with van der Waals surface area (Å²) in [6.07, 6.45) is 4.98. The maximum atomic E-state index is 12.3. The lowest BCUT2D eigenvalue weighted by molar-refractivity contribution is 0.0945. The van der Waals surface area contributed by atoms with Crippen molar-refractivity contribution in [1.82, 2.24) is 40.3 Å². The molecule has 1 amide bonds. The third kappa shape index (κ3) is 3.35. The van der Waals surface area contributed by atoms with Gasteiger partial charge in [0.25, 0.3) is 5.91 Å². The highest BCUT2D eigenvalue weighted by molar-refractivity contribution is 7.14. The lowest BCUT2D eigenvalue weighted by Gasteiger charge is -1.98. The summed E-state index contributed by atoms with van der Waals surface area (Å²) in [4.78, 5) is 12.3. The number of aromatic nitrogens is 7. The van der Waals surface area contributed by atoms with Gasteiger partial charge in [-0.25, -0.2) is 4.68 Å². The highest BCUT2D eigenvalue weighted by Gasteiger charge is 2.13. The summed E-state index contributed by atoms with van der Waals surface area (Å²) < 4.78 is 3.15. The Bertz CT molecular complexity index is 1040. The molecule has 1 N–H and O–H groups in total. The molecule has 0 radical (unpaired) electrons. The van der Waals surface area contributed by atoms with Crippen LogP contribution in [0.4, 0.5) is 0 Å². The van der Waals surface area contributed by atoms with Crippen LogP contribution in [0.15, 0.2) is 48.9 Å². The predicted octanol–water partition coefficient (Wildman–Crippen LogP) is 1.45. The van der Waals surface area contributed by atoms with Crippen LogP contribution < -0.4 is 5.32 Å². The number of hydrogen-bond donors (Lipinski definition) is 1. The molecule has 130 valence electrons. The largest absolute Gasteiger partial charge is 0.344 e. The van der Waals surface area contributed by atoms with Crippen LogP contribution in [0.25, 0.3) is 16.3 Å². The van der Waals surface area contributed by atoms with Crippen LogP contribution in [-0.2, 0) is 13.6 Å². The molecule has 26 heavy (non-hydrogen) atoms. The van der Waals surface area contributed by atoms with Gasteiger partial charge in [-0.15, -0.1) is 15.3 Å². The van der Waals surface area contributed by atoms with Crippen molar-refractivity contribution in [3.05, 3.63) is 59.6 Å². The van der Waals surface area contributed by atoms with Crippen LogP contribution in [0.2, 0.25) is 0 Å². The number of rotatable bonds is 5. The van der Waals surface area contributed by atoms with Crippen molar-refractivity contribution in [3.63, 3.8) is 0 Å². The molecule has 0 aliphatic rings. The lowest BCUT2D eigenvalue weighted by Crippen LogP contribution is -2.23. The van der Waals surface area contributed by atoms with E-state index in [4.69, 9.17) is 0 Å². The molecule has 0 fully saturated rings. The summed E-state index contributed by atoms with van der Waals surface area (Å²) in [7, 11) is 1.81. The average molecular weight is 366 g/mol. The highest BCUT2D eigenvalue weighted by Crippen LogP contribution is 2.22. The number of amides is 1. The Balaban J connectivity index is 1.40. The van der Waals surface area contributed by atoms with Crippen molar-refractivity contribution in [2.75, 3.05) is 0 Å². The summed E-state index contributed by atoms with van der Waals surface area (Å²) >= 11 is 1.44. The minimum atomic E-state index is -0.323. The minimum Gasteiger partial charge on any atom is -0.344 e. The normalized spacial score (nSPS) is 10.8. The summed E-state index contributed by atoms with van der Waals surface area (Å²) in [5.74, 6) is -0.323. The molecule has 0 atom stereocenters.